The van der Waals surface area contributed by atoms with E-state index in [9.17, 15) is 4.79 Å². The van der Waals surface area contributed by atoms with Gasteiger partial charge in [-0.3, -0.25) is 4.79 Å². The Morgan fingerprint density at radius 3 is 1.88 bits per heavy atom. The van der Waals surface area contributed by atoms with Crippen LogP contribution in [0.5, 0.6) is 0 Å². The third-order valence-electron chi connectivity index (χ3n) is 7.64. The predicted octanol–water partition coefficient (Wildman–Crippen LogP) is 6.24. The van der Waals surface area contributed by atoms with Crippen molar-refractivity contribution in [2.24, 2.45) is 23.2 Å². The molecule has 2 nitrogen and oxygen atoms in total. The van der Waals surface area contributed by atoms with Crippen LogP contribution in [-0.2, 0) is 4.79 Å². The first-order chi connectivity index (χ1) is 12.1. The van der Waals surface area contributed by atoms with Crippen LogP contribution < -0.4 is 5.32 Å². The summed E-state index contributed by atoms with van der Waals surface area (Å²) in [5, 5.41) is 3.42. The van der Waals surface area contributed by atoms with E-state index in [1.807, 2.05) is 0 Å². The fourth-order valence-electron chi connectivity index (χ4n) is 6.59. The monoisotopic (exact) mass is 347 g/mol. The van der Waals surface area contributed by atoms with Crippen molar-refractivity contribution in [1.29, 1.82) is 0 Å². The highest BCUT2D eigenvalue weighted by Gasteiger charge is 2.53. The number of nitrogens with one attached hydrogen (secondary N) is 1. The molecule has 0 aliphatic heterocycles. The van der Waals surface area contributed by atoms with Gasteiger partial charge in [-0.2, -0.15) is 0 Å². The Balaban J connectivity index is 1.32. The molecule has 1 atom stereocenters. The predicted molar refractivity (Wildman–Crippen MR) is 105 cm³/mol. The molecule has 4 fully saturated rings. The van der Waals surface area contributed by atoms with Crippen LogP contribution in [0.15, 0.2) is 0 Å². The standard InChI is InChI=1S/C23H41NO/c1-3-4-5-6-7-8-9-10-11-22(25)24-18(2)23-15-19-12-20(16-23)14-21(13-19)17-23/h18-21H,3-17H2,1-2H3,(H,24,25). The molecular formula is C23H41NO. The molecule has 0 radical (unpaired) electrons. The van der Waals surface area contributed by atoms with Crippen molar-refractivity contribution in [2.75, 3.05) is 0 Å². The Kier molecular flexibility index (Phi) is 6.86. The minimum Gasteiger partial charge on any atom is -0.353 e. The maximum Gasteiger partial charge on any atom is 0.220 e. The Hall–Kier alpha value is -0.530. The van der Waals surface area contributed by atoms with Crippen LogP contribution in [0.2, 0.25) is 0 Å². The highest BCUT2D eigenvalue weighted by molar-refractivity contribution is 5.76. The number of unbranched alkanes of at least 4 members (excludes halogenated alkanes) is 7. The van der Waals surface area contributed by atoms with Gasteiger partial charge >= 0.3 is 0 Å². The van der Waals surface area contributed by atoms with Gasteiger partial charge in [0, 0.05) is 12.5 Å². The summed E-state index contributed by atoms with van der Waals surface area (Å²) in [4.78, 5) is 12.4. The number of hydrogen-bond acceptors (Lipinski definition) is 1. The lowest BCUT2D eigenvalue weighted by molar-refractivity contribution is -0.126. The van der Waals surface area contributed by atoms with Gasteiger partial charge in [0.15, 0.2) is 0 Å². The summed E-state index contributed by atoms with van der Waals surface area (Å²) in [5.41, 5.74) is 0.448. The minimum atomic E-state index is 0.314. The summed E-state index contributed by atoms with van der Waals surface area (Å²) in [6.07, 6.45) is 19.8. The number of hydrogen-bond donors (Lipinski definition) is 1. The van der Waals surface area contributed by atoms with Crippen molar-refractivity contribution in [3.63, 3.8) is 0 Å². The first kappa shape index (κ1) is 19.2. The molecule has 4 rings (SSSR count). The maximum atomic E-state index is 12.4. The van der Waals surface area contributed by atoms with Gasteiger partial charge in [0.05, 0.1) is 0 Å². The second-order valence-electron chi connectivity index (χ2n) is 9.79. The fourth-order valence-corrected chi connectivity index (χ4v) is 6.59. The molecule has 0 heterocycles. The van der Waals surface area contributed by atoms with Crippen LogP contribution >= 0.6 is 0 Å². The van der Waals surface area contributed by atoms with Crippen LogP contribution in [0, 0.1) is 23.2 Å². The van der Waals surface area contributed by atoms with Gasteiger partial charge < -0.3 is 5.32 Å². The van der Waals surface area contributed by atoms with Gasteiger partial charge in [-0.05, 0) is 75.0 Å². The summed E-state index contributed by atoms with van der Waals surface area (Å²) in [6, 6.07) is 0.391. The number of rotatable bonds is 11. The normalized spacial score (nSPS) is 34.2. The minimum absolute atomic E-state index is 0.314. The van der Waals surface area contributed by atoms with E-state index in [0.29, 0.717) is 17.4 Å². The number of carbonyl (C=O) groups excluding carboxylic acids is 1. The first-order valence-electron chi connectivity index (χ1n) is 11.4. The smallest absolute Gasteiger partial charge is 0.220 e. The van der Waals surface area contributed by atoms with Crippen molar-refractivity contribution in [2.45, 2.75) is 116 Å². The molecule has 0 spiro atoms. The Morgan fingerprint density at radius 2 is 1.36 bits per heavy atom. The topological polar surface area (TPSA) is 29.1 Å². The van der Waals surface area contributed by atoms with Gasteiger partial charge in [0.25, 0.3) is 0 Å². The van der Waals surface area contributed by atoms with E-state index >= 15 is 0 Å². The van der Waals surface area contributed by atoms with Crippen molar-refractivity contribution in [1.82, 2.24) is 5.32 Å². The molecule has 4 saturated carbocycles. The second kappa shape index (κ2) is 8.91. The molecule has 0 aromatic rings. The quantitative estimate of drug-likeness (QED) is 0.440. The van der Waals surface area contributed by atoms with Gasteiger partial charge in [-0.25, -0.2) is 0 Å². The maximum absolute atomic E-state index is 12.4. The van der Waals surface area contributed by atoms with E-state index in [1.54, 1.807) is 0 Å². The SMILES string of the molecule is CCCCCCCCCCC(=O)NC(C)C12CC3CC(CC(C3)C1)C2. The van der Waals surface area contributed by atoms with E-state index in [0.717, 1.165) is 30.6 Å². The molecule has 0 aromatic carbocycles. The van der Waals surface area contributed by atoms with Crippen molar-refractivity contribution < 1.29 is 4.79 Å². The summed E-state index contributed by atoms with van der Waals surface area (Å²) >= 11 is 0. The Labute approximate surface area is 155 Å². The van der Waals surface area contributed by atoms with Gasteiger partial charge in [0.1, 0.15) is 0 Å². The third kappa shape index (κ3) is 5.01. The van der Waals surface area contributed by atoms with Crippen LogP contribution in [-0.4, -0.2) is 11.9 Å². The lowest BCUT2D eigenvalue weighted by Crippen LogP contribution is -2.55. The van der Waals surface area contributed by atoms with E-state index in [-0.39, 0.29) is 0 Å². The van der Waals surface area contributed by atoms with E-state index in [2.05, 4.69) is 19.2 Å². The summed E-state index contributed by atoms with van der Waals surface area (Å²) in [6.45, 7) is 4.57. The highest BCUT2D eigenvalue weighted by atomic mass is 16.1. The van der Waals surface area contributed by atoms with Crippen molar-refractivity contribution in [3.8, 4) is 0 Å². The Bertz CT molecular complexity index is 395. The third-order valence-corrected chi connectivity index (χ3v) is 7.64. The molecule has 1 unspecified atom stereocenters. The van der Waals surface area contributed by atoms with E-state index < -0.39 is 0 Å². The second-order valence-corrected chi connectivity index (χ2v) is 9.79. The van der Waals surface area contributed by atoms with Crippen LogP contribution in [0.1, 0.15) is 110 Å². The molecular weight excluding hydrogens is 306 g/mol. The van der Waals surface area contributed by atoms with Crippen molar-refractivity contribution >= 4 is 5.91 Å². The largest absolute Gasteiger partial charge is 0.353 e. The van der Waals surface area contributed by atoms with Gasteiger partial charge in [-0.1, -0.05) is 51.9 Å². The summed E-state index contributed by atoms with van der Waals surface area (Å²) in [7, 11) is 0. The van der Waals surface area contributed by atoms with Gasteiger partial charge in [0.2, 0.25) is 5.91 Å². The number of carbonyl (C=O) groups is 1. The first-order valence-corrected chi connectivity index (χ1v) is 11.4. The Morgan fingerprint density at radius 1 is 0.880 bits per heavy atom. The lowest BCUT2D eigenvalue weighted by atomic mass is 9.48. The molecule has 144 valence electrons. The van der Waals surface area contributed by atoms with Crippen LogP contribution in [0.4, 0.5) is 0 Å². The van der Waals surface area contributed by atoms with E-state index in [4.69, 9.17) is 0 Å². The molecule has 1 amide bonds. The lowest BCUT2D eigenvalue weighted by Gasteiger charge is -2.59. The zero-order valence-corrected chi connectivity index (χ0v) is 16.8. The molecule has 4 bridgehead atoms. The van der Waals surface area contributed by atoms with Crippen LogP contribution in [0.3, 0.4) is 0 Å². The highest BCUT2D eigenvalue weighted by Crippen LogP contribution is 2.61. The molecule has 1 N–H and O–H groups in total. The molecule has 0 saturated heterocycles. The van der Waals surface area contributed by atoms with Gasteiger partial charge in [-0.15, -0.1) is 0 Å². The average molecular weight is 348 g/mol. The summed E-state index contributed by atoms with van der Waals surface area (Å²) in [5.74, 6) is 3.23. The average Bonchev–Trinajstić information content (AvgIpc) is 2.56. The zero-order valence-electron chi connectivity index (χ0n) is 16.8. The molecule has 2 heteroatoms. The zero-order chi connectivity index (χ0) is 17.7. The molecule has 25 heavy (non-hydrogen) atoms. The molecule has 4 aliphatic carbocycles. The molecule has 0 aromatic heterocycles. The number of amides is 1. The fraction of sp³-hybridized carbons (Fsp3) is 0.957. The van der Waals surface area contributed by atoms with E-state index in [1.165, 1.54) is 83.5 Å². The summed E-state index contributed by atoms with van der Waals surface area (Å²) < 4.78 is 0. The van der Waals surface area contributed by atoms with Crippen molar-refractivity contribution in [3.05, 3.63) is 0 Å². The van der Waals surface area contributed by atoms with Crippen LogP contribution in [0.25, 0.3) is 0 Å². The molecule has 4 aliphatic rings.